The molecular formula is C17H18F4N2O4. The van der Waals surface area contributed by atoms with E-state index in [-0.39, 0.29) is 18.3 Å². The largest absolute Gasteiger partial charge is 0.550 e. The number of ether oxygens (including phenoxy) is 2. The van der Waals surface area contributed by atoms with Gasteiger partial charge >= 0.3 is 12.5 Å². The van der Waals surface area contributed by atoms with E-state index in [9.17, 15) is 22.5 Å². The molecule has 148 valence electrons. The summed E-state index contributed by atoms with van der Waals surface area (Å²) < 4.78 is 56.8. The number of rotatable bonds is 6. The van der Waals surface area contributed by atoms with Crippen molar-refractivity contribution in [3.8, 4) is 5.75 Å². The van der Waals surface area contributed by atoms with Gasteiger partial charge in [0, 0.05) is 34.2 Å². The number of alkyl halides is 3. The summed E-state index contributed by atoms with van der Waals surface area (Å²) in [7, 11) is 0. The van der Waals surface area contributed by atoms with Gasteiger partial charge in [-0.3, -0.25) is 9.64 Å². The number of nitrogens with one attached hydrogen (secondary N) is 1. The monoisotopic (exact) mass is 390 g/mol. The lowest BCUT2D eigenvalue weighted by atomic mass is 10.0. The van der Waals surface area contributed by atoms with Gasteiger partial charge in [-0.2, -0.15) is 4.79 Å². The van der Waals surface area contributed by atoms with Gasteiger partial charge in [0.2, 0.25) is 0 Å². The molecule has 0 bridgehead atoms. The number of hydrogen-bond acceptors (Lipinski definition) is 5. The third kappa shape index (κ3) is 5.10. The Hall–Kier alpha value is -2.33. The summed E-state index contributed by atoms with van der Waals surface area (Å²) in [5, 5.41) is 0.789. The Kier molecular flexibility index (Phi) is 5.85. The van der Waals surface area contributed by atoms with E-state index in [1.807, 2.05) is 11.1 Å². The number of carbonyl (C=O) groups excluding carboxylic acids is 1. The van der Waals surface area contributed by atoms with Crippen molar-refractivity contribution in [2.75, 3.05) is 19.7 Å². The topological polar surface area (TPSA) is 63.8 Å². The Morgan fingerprint density at radius 1 is 1.33 bits per heavy atom. The maximum Gasteiger partial charge on any atom is 0.550 e. The molecule has 1 unspecified atom stereocenters. The first kappa shape index (κ1) is 19.4. The fourth-order valence-corrected chi connectivity index (χ4v) is 3.46. The molecule has 1 aliphatic heterocycles. The fraction of sp³-hybridized carbons (Fsp3) is 0.471. The summed E-state index contributed by atoms with van der Waals surface area (Å²) in [6, 6.07) is 4.85. The third-order valence-electron chi connectivity index (χ3n) is 4.60. The van der Waals surface area contributed by atoms with Crippen LogP contribution in [0.1, 0.15) is 18.4 Å². The van der Waals surface area contributed by atoms with E-state index < -0.39 is 19.1 Å². The molecular weight excluding hydrogens is 372 g/mol. The number of aromatic amines is 1. The minimum absolute atomic E-state index is 0.0845. The fourth-order valence-electron chi connectivity index (χ4n) is 3.46. The predicted molar refractivity (Wildman–Crippen MR) is 86.8 cm³/mol. The lowest BCUT2D eigenvalue weighted by Crippen LogP contribution is -2.35. The van der Waals surface area contributed by atoms with Crippen LogP contribution >= 0.6 is 0 Å². The maximum absolute atomic E-state index is 12.1. The highest BCUT2D eigenvalue weighted by atomic mass is 19.4. The number of likely N-dealkylation sites (tertiary alicyclic amines) is 1. The standard InChI is InChI=1S/C17H18F4N2O4/c18-17(19,20)25-7-6-23-5-1-2-12(23)8-11-10-22-15-4-3-13(9-14(11)15)26-16(24)27-21/h3-4,9-10,12,22H,1-2,5-8H2. The van der Waals surface area contributed by atoms with Gasteiger partial charge in [0.25, 0.3) is 0 Å². The van der Waals surface area contributed by atoms with Gasteiger partial charge in [-0.05, 0) is 49.6 Å². The van der Waals surface area contributed by atoms with Crippen molar-refractivity contribution in [2.24, 2.45) is 0 Å². The van der Waals surface area contributed by atoms with E-state index in [0.717, 1.165) is 29.3 Å². The molecule has 0 aliphatic carbocycles. The van der Waals surface area contributed by atoms with Crippen molar-refractivity contribution >= 4 is 17.1 Å². The quantitative estimate of drug-likeness (QED) is 0.457. The van der Waals surface area contributed by atoms with E-state index in [4.69, 9.17) is 0 Å². The van der Waals surface area contributed by atoms with Gasteiger partial charge in [0.05, 0.1) is 6.61 Å². The van der Waals surface area contributed by atoms with Crippen LogP contribution in [0.15, 0.2) is 24.4 Å². The molecule has 0 radical (unpaired) electrons. The second kappa shape index (κ2) is 8.13. The summed E-state index contributed by atoms with van der Waals surface area (Å²) >= 11 is 0. The average Bonchev–Trinajstić information content (AvgIpc) is 3.21. The first-order valence-corrected chi connectivity index (χ1v) is 8.41. The SMILES string of the molecule is O=C(OF)Oc1ccc2[nH]cc(CC3CCCN3CCOC(F)(F)F)c2c1. The summed E-state index contributed by atoms with van der Waals surface area (Å²) in [6.07, 6.45) is -1.89. The van der Waals surface area contributed by atoms with E-state index in [2.05, 4.69) is 19.4 Å². The number of fused-ring (bicyclic) bond motifs is 1. The Morgan fingerprint density at radius 2 is 2.15 bits per heavy atom. The van der Waals surface area contributed by atoms with Crippen LogP contribution in [0.5, 0.6) is 5.75 Å². The van der Waals surface area contributed by atoms with Crippen LogP contribution in [0.3, 0.4) is 0 Å². The van der Waals surface area contributed by atoms with E-state index >= 15 is 0 Å². The average molecular weight is 390 g/mol. The molecule has 2 aromatic rings. The van der Waals surface area contributed by atoms with Crippen LogP contribution in [0.4, 0.5) is 22.5 Å². The molecule has 0 saturated carbocycles. The maximum atomic E-state index is 12.1. The van der Waals surface area contributed by atoms with Gasteiger partial charge in [0.1, 0.15) is 5.75 Å². The van der Waals surface area contributed by atoms with Crippen LogP contribution in [0, 0.1) is 0 Å². The Balaban J connectivity index is 1.67. The van der Waals surface area contributed by atoms with E-state index in [1.165, 1.54) is 6.07 Å². The first-order chi connectivity index (χ1) is 12.9. The van der Waals surface area contributed by atoms with Crippen LogP contribution in [-0.2, 0) is 16.1 Å². The Labute approximate surface area is 151 Å². The predicted octanol–water partition coefficient (Wildman–Crippen LogP) is 4.11. The highest BCUT2D eigenvalue weighted by molar-refractivity contribution is 5.85. The summed E-state index contributed by atoms with van der Waals surface area (Å²) in [5.74, 6) is 0.132. The number of halogens is 4. The lowest BCUT2D eigenvalue weighted by Gasteiger charge is -2.24. The van der Waals surface area contributed by atoms with E-state index in [1.54, 1.807) is 12.1 Å². The number of hydrogen-bond donors (Lipinski definition) is 1. The highest BCUT2D eigenvalue weighted by Crippen LogP contribution is 2.28. The molecule has 6 nitrogen and oxygen atoms in total. The second-order valence-corrected chi connectivity index (χ2v) is 6.28. The number of aromatic nitrogens is 1. The molecule has 0 spiro atoms. The molecule has 2 heterocycles. The summed E-state index contributed by atoms with van der Waals surface area (Å²) in [5.41, 5.74) is 1.73. The highest BCUT2D eigenvalue weighted by Gasteiger charge is 2.31. The van der Waals surface area contributed by atoms with Crippen LogP contribution < -0.4 is 4.74 Å². The Bertz CT molecular complexity index is 793. The van der Waals surface area contributed by atoms with Gasteiger partial charge in [-0.1, -0.05) is 0 Å². The molecule has 1 saturated heterocycles. The molecule has 1 aromatic heterocycles. The zero-order valence-corrected chi connectivity index (χ0v) is 14.2. The third-order valence-corrected chi connectivity index (χ3v) is 4.60. The van der Waals surface area contributed by atoms with Crippen LogP contribution in [0.2, 0.25) is 0 Å². The van der Waals surface area contributed by atoms with E-state index in [0.29, 0.717) is 13.0 Å². The van der Waals surface area contributed by atoms with Crippen molar-refractivity contribution in [3.05, 3.63) is 30.0 Å². The molecule has 1 fully saturated rings. The lowest BCUT2D eigenvalue weighted by molar-refractivity contribution is -0.325. The molecule has 27 heavy (non-hydrogen) atoms. The van der Waals surface area contributed by atoms with Gasteiger partial charge in [0.15, 0.2) is 0 Å². The van der Waals surface area contributed by atoms with Gasteiger partial charge < -0.3 is 9.72 Å². The number of benzene rings is 1. The minimum atomic E-state index is -4.62. The zero-order chi connectivity index (χ0) is 19.4. The van der Waals surface area contributed by atoms with Crippen molar-refractivity contribution in [3.63, 3.8) is 0 Å². The van der Waals surface area contributed by atoms with Crippen molar-refractivity contribution < 1.29 is 36.9 Å². The van der Waals surface area contributed by atoms with Gasteiger partial charge in [-0.15, -0.1) is 13.2 Å². The van der Waals surface area contributed by atoms with Crippen LogP contribution in [-0.4, -0.2) is 48.1 Å². The molecule has 10 heteroatoms. The molecule has 1 aromatic carbocycles. The van der Waals surface area contributed by atoms with Crippen molar-refractivity contribution in [1.82, 2.24) is 9.88 Å². The zero-order valence-electron chi connectivity index (χ0n) is 14.2. The molecule has 1 N–H and O–H groups in total. The van der Waals surface area contributed by atoms with Crippen molar-refractivity contribution in [1.29, 1.82) is 0 Å². The minimum Gasteiger partial charge on any atom is -0.393 e. The summed E-state index contributed by atoms with van der Waals surface area (Å²) in [4.78, 5) is 19.0. The van der Waals surface area contributed by atoms with Crippen molar-refractivity contribution in [2.45, 2.75) is 31.7 Å². The van der Waals surface area contributed by atoms with Crippen LogP contribution in [0.25, 0.3) is 10.9 Å². The molecule has 3 rings (SSSR count). The molecule has 0 amide bonds. The second-order valence-electron chi connectivity index (χ2n) is 6.28. The molecule has 1 aliphatic rings. The molecule has 1 atom stereocenters. The Morgan fingerprint density at radius 3 is 2.89 bits per heavy atom. The number of carbonyl (C=O) groups is 1. The number of nitrogens with zero attached hydrogens (tertiary/aromatic N) is 1. The first-order valence-electron chi connectivity index (χ1n) is 8.41. The smallest absolute Gasteiger partial charge is 0.393 e. The number of H-pyrrole nitrogens is 1. The normalized spacial score (nSPS) is 18.1. The van der Waals surface area contributed by atoms with Gasteiger partial charge in [-0.25, -0.2) is 4.94 Å². The summed E-state index contributed by atoms with van der Waals surface area (Å²) in [6.45, 7) is 0.505.